The highest BCUT2D eigenvalue weighted by Gasteiger charge is 2.59. The maximum Gasteiger partial charge on any atom is 0.422 e. The normalized spacial score (nSPS) is 14.0. The zero-order valence-electron chi connectivity index (χ0n) is 17.4. The Kier molecular flexibility index (Phi) is 6.49. The van der Waals surface area contributed by atoms with Crippen LogP contribution in [0.25, 0.3) is 0 Å². The van der Waals surface area contributed by atoms with Crippen LogP contribution in [0.4, 0.5) is 23.7 Å². The lowest BCUT2D eigenvalue weighted by Crippen LogP contribution is -2.50. The van der Waals surface area contributed by atoms with Gasteiger partial charge in [-0.3, -0.25) is 5.32 Å². The third-order valence-electron chi connectivity index (χ3n) is 4.51. The van der Waals surface area contributed by atoms with Crippen LogP contribution in [0.15, 0.2) is 60.9 Å². The van der Waals surface area contributed by atoms with E-state index in [2.05, 4.69) is 10.4 Å². The molecule has 0 aliphatic rings. The molecular formula is C22H20Cl2F3N3O2. The van der Waals surface area contributed by atoms with Gasteiger partial charge in [0.05, 0.1) is 11.2 Å². The zero-order valence-corrected chi connectivity index (χ0v) is 18.9. The summed E-state index contributed by atoms with van der Waals surface area (Å²) in [6.45, 7) is 5.11. The minimum atomic E-state index is -4.81. The molecule has 0 fully saturated rings. The number of nitrogens with zero attached hydrogens (tertiary/aromatic N) is 2. The first-order valence-corrected chi connectivity index (χ1v) is 10.2. The second-order valence-corrected chi connectivity index (χ2v) is 8.90. The third-order valence-corrected chi connectivity index (χ3v) is 4.96. The fourth-order valence-corrected chi connectivity index (χ4v) is 3.54. The van der Waals surface area contributed by atoms with E-state index in [0.717, 1.165) is 17.1 Å². The van der Waals surface area contributed by atoms with E-state index in [1.165, 1.54) is 48.5 Å². The molecule has 0 spiro atoms. The van der Waals surface area contributed by atoms with E-state index in [0.29, 0.717) is 5.02 Å². The fourth-order valence-electron chi connectivity index (χ4n) is 3.28. The average Bonchev–Trinajstić information content (AvgIpc) is 3.09. The summed E-state index contributed by atoms with van der Waals surface area (Å²) in [5.41, 5.74) is -3.38. The third kappa shape index (κ3) is 4.86. The standard InChI is InChI=1S/C22H20Cl2F3N3O2/c1-20(2,3)32-19(31)29-18-10-6-15(7-11-18)21(22(25,26)27,30-13-17(24)12-28-30)14-4-8-16(23)9-5-14/h4-13H,1-3H3,(H,29,31). The van der Waals surface area contributed by atoms with Crippen molar-refractivity contribution in [3.8, 4) is 0 Å². The largest absolute Gasteiger partial charge is 0.444 e. The average molecular weight is 486 g/mol. The van der Waals surface area contributed by atoms with Crippen molar-refractivity contribution in [1.82, 2.24) is 9.78 Å². The van der Waals surface area contributed by atoms with E-state index >= 15 is 0 Å². The van der Waals surface area contributed by atoms with Crippen molar-refractivity contribution in [3.63, 3.8) is 0 Å². The molecule has 10 heteroatoms. The molecule has 0 aliphatic heterocycles. The molecule has 1 atom stereocenters. The van der Waals surface area contributed by atoms with Gasteiger partial charge in [-0.1, -0.05) is 47.5 Å². The Bertz CT molecular complexity index is 1090. The SMILES string of the molecule is CC(C)(C)OC(=O)Nc1ccc(C(c2ccc(Cl)cc2)(n2cc(Cl)cn2)C(F)(F)F)cc1. The van der Waals surface area contributed by atoms with Gasteiger partial charge in [-0.05, 0) is 56.2 Å². The minimum absolute atomic E-state index is 0.0517. The number of hydrogen-bond acceptors (Lipinski definition) is 3. The van der Waals surface area contributed by atoms with E-state index in [9.17, 15) is 18.0 Å². The van der Waals surface area contributed by atoms with Crippen LogP contribution in [0.3, 0.4) is 0 Å². The number of carbonyl (C=O) groups is 1. The van der Waals surface area contributed by atoms with Crippen LogP contribution in [-0.4, -0.2) is 27.7 Å². The number of nitrogens with one attached hydrogen (secondary N) is 1. The van der Waals surface area contributed by atoms with Crippen molar-refractivity contribution in [2.75, 3.05) is 5.32 Å². The Morgan fingerprint density at radius 1 is 0.938 bits per heavy atom. The minimum Gasteiger partial charge on any atom is -0.444 e. The number of anilines is 1. The number of carbonyl (C=O) groups excluding carboxylic acids is 1. The Labute approximate surface area is 193 Å². The molecule has 0 radical (unpaired) electrons. The molecule has 32 heavy (non-hydrogen) atoms. The lowest BCUT2D eigenvalue weighted by molar-refractivity contribution is -0.189. The maximum atomic E-state index is 14.8. The number of alkyl halides is 3. The van der Waals surface area contributed by atoms with E-state index in [1.807, 2.05) is 0 Å². The number of benzene rings is 2. The van der Waals surface area contributed by atoms with Crippen molar-refractivity contribution in [3.05, 3.63) is 82.1 Å². The monoisotopic (exact) mass is 485 g/mol. The van der Waals surface area contributed by atoms with Crippen molar-refractivity contribution < 1.29 is 22.7 Å². The number of hydrogen-bond donors (Lipinski definition) is 1. The second kappa shape index (κ2) is 8.67. The number of aromatic nitrogens is 2. The zero-order chi connectivity index (χ0) is 23.7. The van der Waals surface area contributed by atoms with Crippen LogP contribution >= 0.6 is 23.2 Å². The highest BCUT2D eigenvalue weighted by Crippen LogP contribution is 2.48. The first kappa shape index (κ1) is 23.9. The number of rotatable bonds is 4. The van der Waals surface area contributed by atoms with Crippen molar-refractivity contribution in [2.24, 2.45) is 0 Å². The smallest absolute Gasteiger partial charge is 0.422 e. The molecule has 170 valence electrons. The molecule has 1 N–H and O–H groups in total. The molecule has 0 saturated carbocycles. The predicted octanol–water partition coefficient (Wildman–Crippen LogP) is 6.89. The Morgan fingerprint density at radius 3 is 1.91 bits per heavy atom. The van der Waals surface area contributed by atoms with Crippen LogP contribution in [0, 0.1) is 0 Å². The van der Waals surface area contributed by atoms with E-state index in [4.69, 9.17) is 27.9 Å². The summed E-state index contributed by atoms with van der Waals surface area (Å²) in [5, 5.41) is 6.73. The first-order valence-electron chi connectivity index (χ1n) is 9.47. The van der Waals surface area contributed by atoms with E-state index < -0.39 is 23.4 Å². The van der Waals surface area contributed by atoms with Crippen LogP contribution < -0.4 is 5.32 Å². The molecule has 1 heterocycles. The van der Waals surface area contributed by atoms with Gasteiger partial charge in [-0.2, -0.15) is 18.3 Å². The van der Waals surface area contributed by atoms with E-state index in [-0.39, 0.29) is 21.8 Å². The molecular weight excluding hydrogens is 466 g/mol. The molecule has 1 aromatic heterocycles. The van der Waals surface area contributed by atoms with Crippen LogP contribution in [0.5, 0.6) is 0 Å². The molecule has 2 aromatic carbocycles. The van der Waals surface area contributed by atoms with Gasteiger partial charge in [-0.15, -0.1) is 0 Å². The van der Waals surface area contributed by atoms with Crippen molar-refractivity contribution in [1.29, 1.82) is 0 Å². The highest BCUT2D eigenvalue weighted by molar-refractivity contribution is 6.30. The Balaban J connectivity index is 2.12. The second-order valence-electron chi connectivity index (χ2n) is 8.02. The van der Waals surface area contributed by atoms with Crippen molar-refractivity contribution in [2.45, 2.75) is 38.1 Å². The summed E-state index contributed by atoms with van der Waals surface area (Å²) in [6, 6.07) is 10.6. The molecule has 3 aromatic rings. The molecule has 0 bridgehead atoms. The summed E-state index contributed by atoms with van der Waals surface area (Å²) in [7, 11) is 0. The quantitative estimate of drug-likeness (QED) is 0.437. The lowest BCUT2D eigenvalue weighted by atomic mass is 9.82. The van der Waals surface area contributed by atoms with Gasteiger partial charge < -0.3 is 4.74 Å². The van der Waals surface area contributed by atoms with Gasteiger partial charge in [0.25, 0.3) is 0 Å². The molecule has 0 saturated heterocycles. The molecule has 1 amide bonds. The van der Waals surface area contributed by atoms with Crippen LogP contribution in [0.1, 0.15) is 31.9 Å². The number of amides is 1. The molecule has 3 rings (SSSR count). The summed E-state index contributed by atoms with van der Waals surface area (Å²) in [6.07, 6.45) is -3.28. The van der Waals surface area contributed by atoms with Gasteiger partial charge in [-0.25, -0.2) is 9.48 Å². The van der Waals surface area contributed by atoms with Gasteiger partial charge in [0.1, 0.15) is 5.60 Å². The summed E-state index contributed by atoms with van der Waals surface area (Å²) in [4.78, 5) is 12.0. The van der Waals surface area contributed by atoms with Gasteiger partial charge in [0, 0.05) is 16.9 Å². The van der Waals surface area contributed by atoms with Gasteiger partial charge >= 0.3 is 12.3 Å². The summed E-state index contributed by atoms with van der Waals surface area (Å²) < 4.78 is 50.4. The predicted molar refractivity (Wildman–Crippen MR) is 117 cm³/mol. The molecule has 5 nitrogen and oxygen atoms in total. The highest BCUT2D eigenvalue weighted by atomic mass is 35.5. The van der Waals surface area contributed by atoms with Gasteiger partial charge in [0.15, 0.2) is 0 Å². The van der Waals surface area contributed by atoms with Crippen LogP contribution in [-0.2, 0) is 10.3 Å². The lowest BCUT2D eigenvalue weighted by Gasteiger charge is -2.37. The summed E-state index contributed by atoms with van der Waals surface area (Å²) >= 11 is 11.8. The number of ether oxygens (including phenoxy) is 1. The topological polar surface area (TPSA) is 56.1 Å². The Morgan fingerprint density at radius 2 is 1.47 bits per heavy atom. The summed E-state index contributed by atoms with van der Waals surface area (Å²) in [5.74, 6) is 0. The Hall–Kier alpha value is -2.71. The molecule has 1 unspecified atom stereocenters. The fraction of sp³-hybridized carbons (Fsp3) is 0.273. The van der Waals surface area contributed by atoms with Gasteiger partial charge in [0.2, 0.25) is 5.54 Å². The number of halogens is 5. The molecule has 0 aliphatic carbocycles. The van der Waals surface area contributed by atoms with Crippen LogP contribution in [0.2, 0.25) is 10.0 Å². The first-order chi connectivity index (χ1) is 14.8. The maximum absolute atomic E-state index is 14.8. The van der Waals surface area contributed by atoms with Crippen molar-refractivity contribution >= 4 is 35.0 Å². The van der Waals surface area contributed by atoms with E-state index in [1.54, 1.807) is 20.8 Å².